The van der Waals surface area contributed by atoms with Gasteiger partial charge in [-0.1, -0.05) is 11.6 Å². The lowest BCUT2D eigenvalue weighted by molar-refractivity contribution is 0.308. The first-order valence-corrected chi connectivity index (χ1v) is 7.09. The first-order chi connectivity index (χ1) is 9.58. The van der Waals surface area contributed by atoms with Crippen molar-refractivity contribution in [3.8, 4) is 0 Å². The summed E-state index contributed by atoms with van der Waals surface area (Å²) < 4.78 is 4.31. The van der Waals surface area contributed by atoms with Crippen molar-refractivity contribution in [2.75, 3.05) is 0 Å². The molecule has 0 radical (unpaired) electrons. The standard InChI is InChI=1S/C13H17N5O2/c1-16-11-10(12(19)17(2)13(16)20)18(15-14-11)9-6-7-3-4-8(9)5-7/h7-9H,3-6H2,1-2H3/t7-,8+,9-/m1/s1. The van der Waals surface area contributed by atoms with Gasteiger partial charge in [0, 0.05) is 14.1 Å². The van der Waals surface area contributed by atoms with Crippen LogP contribution in [0.25, 0.3) is 11.2 Å². The van der Waals surface area contributed by atoms with Crippen molar-refractivity contribution in [2.45, 2.75) is 31.7 Å². The highest BCUT2D eigenvalue weighted by Gasteiger charge is 2.42. The summed E-state index contributed by atoms with van der Waals surface area (Å²) in [4.78, 5) is 24.3. The van der Waals surface area contributed by atoms with Crippen LogP contribution in [0.15, 0.2) is 9.59 Å². The van der Waals surface area contributed by atoms with Gasteiger partial charge in [-0.2, -0.15) is 0 Å². The van der Waals surface area contributed by atoms with E-state index in [-0.39, 0.29) is 17.3 Å². The van der Waals surface area contributed by atoms with Crippen molar-refractivity contribution in [1.29, 1.82) is 0 Å². The summed E-state index contributed by atoms with van der Waals surface area (Å²) >= 11 is 0. The van der Waals surface area contributed by atoms with Crippen LogP contribution < -0.4 is 11.2 Å². The molecule has 3 atom stereocenters. The minimum atomic E-state index is -0.359. The molecular formula is C13H17N5O2. The molecule has 2 saturated carbocycles. The molecule has 0 unspecified atom stereocenters. The van der Waals surface area contributed by atoms with E-state index in [1.54, 1.807) is 11.7 Å². The molecule has 106 valence electrons. The number of nitrogens with zero attached hydrogens (tertiary/aromatic N) is 5. The van der Waals surface area contributed by atoms with E-state index in [9.17, 15) is 9.59 Å². The van der Waals surface area contributed by atoms with Crippen LogP contribution in [-0.2, 0) is 14.1 Å². The fraction of sp³-hybridized carbons (Fsp3) is 0.692. The third-order valence-corrected chi connectivity index (χ3v) is 5.09. The molecule has 7 nitrogen and oxygen atoms in total. The highest BCUT2D eigenvalue weighted by atomic mass is 16.2. The van der Waals surface area contributed by atoms with Crippen LogP contribution in [0.1, 0.15) is 31.7 Å². The lowest BCUT2D eigenvalue weighted by atomic mass is 9.95. The second kappa shape index (κ2) is 3.80. The summed E-state index contributed by atoms with van der Waals surface area (Å²) in [6.07, 6.45) is 4.82. The van der Waals surface area contributed by atoms with Crippen molar-refractivity contribution >= 4 is 11.2 Å². The fourth-order valence-electron chi connectivity index (χ4n) is 4.01. The maximum absolute atomic E-state index is 12.4. The van der Waals surface area contributed by atoms with E-state index in [1.807, 2.05) is 0 Å². The quantitative estimate of drug-likeness (QED) is 0.744. The van der Waals surface area contributed by atoms with Gasteiger partial charge in [-0.25, -0.2) is 9.48 Å². The summed E-state index contributed by atoms with van der Waals surface area (Å²) in [5.74, 6) is 1.37. The molecule has 0 amide bonds. The highest BCUT2D eigenvalue weighted by Crippen LogP contribution is 2.50. The number of rotatable bonds is 1. The average molecular weight is 275 g/mol. The van der Waals surface area contributed by atoms with Crippen LogP contribution in [0.3, 0.4) is 0 Å². The van der Waals surface area contributed by atoms with E-state index >= 15 is 0 Å². The van der Waals surface area contributed by atoms with Crippen molar-refractivity contribution in [3.05, 3.63) is 20.8 Å². The molecule has 20 heavy (non-hydrogen) atoms. The first-order valence-electron chi connectivity index (χ1n) is 7.09. The first kappa shape index (κ1) is 11.9. The van der Waals surface area contributed by atoms with E-state index in [4.69, 9.17) is 0 Å². The molecule has 2 aliphatic rings. The summed E-state index contributed by atoms with van der Waals surface area (Å²) in [5, 5.41) is 8.27. The molecule has 4 rings (SSSR count). The second-order valence-electron chi connectivity index (χ2n) is 6.15. The fourth-order valence-corrected chi connectivity index (χ4v) is 4.01. The van der Waals surface area contributed by atoms with Gasteiger partial charge in [0.25, 0.3) is 5.56 Å². The lowest BCUT2D eigenvalue weighted by Gasteiger charge is -2.21. The predicted octanol–water partition coefficient (Wildman–Crippen LogP) is 0.190. The zero-order chi connectivity index (χ0) is 14.0. The van der Waals surface area contributed by atoms with Gasteiger partial charge in [0.1, 0.15) is 0 Å². The highest BCUT2D eigenvalue weighted by molar-refractivity contribution is 5.68. The average Bonchev–Trinajstić information content (AvgIpc) is 3.15. The van der Waals surface area contributed by atoms with Crippen molar-refractivity contribution in [3.63, 3.8) is 0 Å². The van der Waals surface area contributed by atoms with Crippen molar-refractivity contribution < 1.29 is 0 Å². The van der Waals surface area contributed by atoms with E-state index in [1.165, 1.54) is 30.9 Å². The maximum Gasteiger partial charge on any atom is 0.332 e. The number of aromatic nitrogens is 5. The molecule has 0 aliphatic heterocycles. The Morgan fingerprint density at radius 1 is 1.10 bits per heavy atom. The molecular weight excluding hydrogens is 258 g/mol. The van der Waals surface area contributed by atoms with Gasteiger partial charge >= 0.3 is 5.69 Å². The number of hydrogen-bond acceptors (Lipinski definition) is 4. The third-order valence-electron chi connectivity index (χ3n) is 5.09. The van der Waals surface area contributed by atoms with Crippen molar-refractivity contribution in [1.82, 2.24) is 24.1 Å². The molecule has 2 aromatic rings. The normalized spacial score (nSPS) is 28.6. The minimum Gasteiger partial charge on any atom is -0.278 e. The van der Waals surface area contributed by atoms with Gasteiger partial charge in [-0.15, -0.1) is 5.10 Å². The molecule has 0 saturated heterocycles. The Balaban J connectivity index is 1.98. The number of fused-ring (bicyclic) bond motifs is 3. The lowest BCUT2D eigenvalue weighted by Crippen LogP contribution is -2.38. The monoisotopic (exact) mass is 275 g/mol. The Labute approximate surface area is 114 Å². The minimum absolute atomic E-state index is 0.268. The topological polar surface area (TPSA) is 74.7 Å². The Bertz CT molecular complexity index is 815. The predicted molar refractivity (Wildman–Crippen MR) is 72.5 cm³/mol. The van der Waals surface area contributed by atoms with Crippen LogP contribution in [0.4, 0.5) is 0 Å². The van der Waals surface area contributed by atoms with E-state index in [2.05, 4.69) is 10.3 Å². The molecule has 2 aliphatic carbocycles. The molecule has 0 aromatic carbocycles. The van der Waals surface area contributed by atoms with Gasteiger partial charge < -0.3 is 0 Å². The Morgan fingerprint density at radius 3 is 2.55 bits per heavy atom. The molecule has 0 N–H and O–H groups in total. The maximum atomic E-state index is 12.4. The van der Waals surface area contributed by atoms with Crippen LogP contribution in [0.2, 0.25) is 0 Å². The van der Waals surface area contributed by atoms with Gasteiger partial charge in [-0.05, 0) is 31.1 Å². The smallest absolute Gasteiger partial charge is 0.278 e. The van der Waals surface area contributed by atoms with Crippen LogP contribution in [-0.4, -0.2) is 24.1 Å². The van der Waals surface area contributed by atoms with E-state index in [0.717, 1.165) is 16.9 Å². The van der Waals surface area contributed by atoms with Gasteiger partial charge in [0.05, 0.1) is 6.04 Å². The summed E-state index contributed by atoms with van der Waals surface area (Å²) in [7, 11) is 3.13. The van der Waals surface area contributed by atoms with Gasteiger partial charge in [0.15, 0.2) is 11.2 Å². The SMILES string of the molecule is Cn1c(=O)c2c(nnn2[C@@H]2C[C@@H]3CC[C@H]2C3)n(C)c1=O. The van der Waals surface area contributed by atoms with Crippen LogP contribution >= 0.6 is 0 Å². The van der Waals surface area contributed by atoms with Crippen LogP contribution in [0, 0.1) is 11.8 Å². The van der Waals surface area contributed by atoms with E-state index in [0.29, 0.717) is 17.1 Å². The summed E-state index contributed by atoms with van der Waals surface area (Å²) in [6.45, 7) is 0. The molecule has 2 heterocycles. The molecule has 0 spiro atoms. The van der Waals surface area contributed by atoms with E-state index < -0.39 is 0 Å². The molecule has 2 aromatic heterocycles. The van der Waals surface area contributed by atoms with Crippen molar-refractivity contribution in [2.24, 2.45) is 25.9 Å². The number of hydrogen-bond donors (Lipinski definition) is 0. The van der Waals surface area contributed by atoms with Gasteiger partial charge in [-0.3, -0.25) is 13.9 Å². The molecule has 2 bridgehead atoms. The van der Waals surface area contributed by atoms with Crippen LogP contribution in [0.5, 0.6) is 0 Å². The summed E-state index contributed by atoms with van der Waals surface area (Å²) in [6, 6.07) is 0.268. The molecule has 7 heteroatoms. The Hall–Kier alpha value is -1.92. The zero-order valence-corrected chi connectivity index (χ0v) is 11.6. The largest absolute Gasteiger partial charge is 0.332 e. The van der Waals surface area contributed by atoms with Gasteiger partial charge in [0.2, 0.25) is 0 Å². The molecule has 2 fully saturated rings. The Morgan fingerprint density at radius 2 is 1.90 bits per heavy atom. The second-order valence-corrected chi connectivity index (χ2v) is 6.15. The third kappa shape index (κ3) is 1.35. The Kier molecular flexibility index (Phi) is 2.26. The summed E-state index contributed by atoms with van der Waals surface area (Å²) in [5.41, 5.74) is 0.200. The number of aryl methyl sites for hydroxylation is 1. The zero-order valence-electron chi connectivity index (χ0n) is 11.6.